The third-order valence-electron chi connectivity index (χ3n) is 5.73. The summed E-state index contributed by atoms with van der Waals surface area (Å²) in [5.74, 6) is 0.922. The Kier molecular flexibility index (Phi) is 6.90. The normalized spacial score (nSPS) is 15.7. The van der Waals surface area contributed by atoms with E-state index in [0.717, 1.165) is 28.1 Å². The first-order valence-corrected chi connectivity index (χ1v) is 12.1. The second-order valence-electron chi connectivity index (χ2n) is 8.14. The number of thiocarbonyl (C=S) groups is 1. The van der Waals surface area contributed by atoms with Gasteiger partial charge in [-0.15, -0.1) is 0 Å². The zero-order chi connectivity index (χ0) is 24.4. The lowest BCUT2D eigenvalue weighted by atomic mass is 9.95. The van der Waals surface area contributed by atoms with Gasteiger partial charge in [0.1, 0.15) is 11.5 Å². The van der Waals surface area contributed by atoms with E-state index in [0.29, 0.717) is 27.9 Å². The molecule has 1 aliphatic heterocycles. The van der Waals surface area contributed by atoms with E-state index in [1.54, 1.807) is 43.8 Å². The molecule has 1 atom stereocenters. The Balaban J connectivity index is 1.82. The van der Waals surface area contributed by atoms with E-state index < -0.39 is 0 Å². The molecule has 1 aliphatic rings. The van der Waals surface area contributed by atoms with Crippen LogP contribution < -0.4 is 25.0 Å². The Hall–Kier alpha value is -3.36. The van der Waals surface area contributed by atoms with E-state index in [1.165, 1.54) is 0 Å². The molecule has 0 spiro atoms. The van der Waals surface area contributed by atoms with Crippen molar-refractivity contribution in [2.75, 3.05) is 24.4 Å². The molecule has 3 aromatic rings. The fraction of sp³-hybridized carbons (Fsp3) is 0.231. The van der Waals surface area contributed by atoms with Gasteiger partial charge in [0.15, 0.2) is 5.11 Å². The molecule has 0 saturated carbocycles. The van der Waals surface area contributed by atoms with Crippen LogP contribution in [-0.2, 0) is 4.79 Å². The average Bonchev–Trinajstić information content (AvgIpc) is 3.32. The summed E-state index contributed by atoms with van der Waals surface area (Å²) in [5, 5.41) is 11.0. The molecule has 2 heterocycles. The highest BCUT2D eigenvalue weighted by Gasteiger charge is 2.35. The number of nitrogens with one attached hydrogen (secondary N) is 2. The van der Waals surface area contributed by atoms with Crippen LogP contribution >= 0.6 is 23.6 Å². The van der Waals surface area contributed by atoms with Crippen molar-refractivity contribution in [3.63, 3.8) is 0 Å². The second kappa shape index (κ2) is 9.87. The first-order valence-electron chi connectivity index (χ1n) is 10.8. The molecule has 0 radical (unpaired) electrons. The van der Waals surface area contributed by atoms with Gasteiger partial charge in [-0.1, -0.05) is 6.07 Å². The SMILES string of the molecule is COc1ccc(OC)c(NC(=O)C2=C(C)N(c3cc(C)cc(C)c3)C(=S)NC2c2ccsc2)c1. The van der Waals surface area contributed by atoms with Crippen LogP contribution in [0.5, 0.6) is 11.5 Å². The predicted octanol–water partition coefficient (Wildman–Crippen LogP) is 5.73. The number of carbonyl (C=O) groups is 1. The summed E-state index contributed by atoms with van der Waals surface area (Å²) in [4.78, 5) is 15.7. The minimum absolute atomic E-state index is 0.246. The smallest absolute Gasteiger partial charge is 0.255 e. The maximum atomic E-state index is 13.8. The van der Waals surface area contributed by atoms with Crippen molar-refractivity contribution in [1.29, 1.82) is 0 Å². The number of rotatable bonds is 6. The Morgan fingerprint density at radius 3 is 2.41 bits per heavy atom. The third-order valence-corrected chi connectivity index (χ3v) is 6.73. The summed E-state index contributed by atoms with van der Waals surface area (Å²) in [6, 6.07) is 13.2. The largest absolute Gasteiger partial charge is 0.497 e. The molecule has 1 amide bonds. The van der Waals surface area contributed by atoms with Crippen LogP contribution in [0.25, 0.3) is 0 Å². The highest BCUT2D eigenvalue weighted by molar-refractivity contribution is 7.80. The first-order chi connectivity index (χ1) is 16.3. The number of nitrogens with zero attached hydrogens (tertiary/aromatic N) is 1. The summed E-state index contributed by atoms with van der Waals surface area (Å²) < 4.78 is 10.8. The average molecular weight is 494 g/mol. The van der Waals surface area contributed by atoms with Gasteiger partial charge in [-0.05, 0) is 90.8 Å². The molecule has 4 rings (SSSR count). The van der Waals surface area contributed by atoms with Crippen molar-refractivity contribution >= 4 is 45.9 Å². The number of carbonyl (C=O) groups excluding carboxylic acids is 1. The van der Waals surface area contributed by atoms with Gasteiger partial charge in [0, 0.05) is 17.5 Å². The molecule has 2 aromatic carbocycles. The quantitative estimate of drug-likeness (QED) is 0.428. The number of aryl methyl sites for hydroxylation is 2. The highest BCUT2D eigenvalue weighted by atomic mass is 32.1. The van der Waals surface area contributed by atoms with Crippen LogP contribution in [0.1, 0.15) is 29.7 Å². The van der Waals surface area contributed by atoms with E-state index >= 15 is 0 Å². The number of hydrogen-bond acceptors (Lipinski definition) is 5. The number of benzene rings is 2. The Morgan fingerprint density at radius 2 is 1.79 bits per heavy atom. The monoisotopic (exact) mass is 493 g/mol. The number of ether oxygens (including phenoxy) is 2. The molecule has 0 saturated heterocycles. The summed E-state index contributed by atoms with van der Waals surface area (Å²) in [5.41, 5.74) is 6.02. The Labute approximate surface area is 209 Å². The van der Waals surface area contributed by atoms with Crippen molar-refractivity contribution in [3.8, 4) is 11.5 Å². The Morgan fingerprint density at radius 1 is 1.06 bits per heavy atom. The second-order valence-corrected chi connectivity index (χ2v) is 9.31. The number of thiophene rings is 1. The van der Waals surface area contributed by atoms with Crippen molar-refractivity contribution in [2.24, 2.45) is 0 Å². The maximum absolute atomic E-state index is 13.8. The van der Waals surface area contributed by atoms with Gasteiger partial charge < -0.3 is 20.1 Å². The lowest BCUT2D eigenvalue weighted by Gasteiger charge is -2.38. The van der Waals surface area contributed by atoms with E-state index in [-0.39, 0.29) is 11.9 Å². The lowest BCUT2D eigenvalue weighted by Crippen LogP contribution is -2.48. The molecular weight excluding hydrogens is 466 g/mol. The molecule has 176 valence electrons. The summed E-state index contributed by atoms with van der Waals surface area (Å²) in [6.07, 6.45) is 0. The van der Waals surface area contributed by atoms with E-state index in [4.69, 9.17) is 21.7 Å². The molecule has 0 bridgehead atoms. The molecule has 1 unspecified atom stereocenters. The predicted molar refractivity (Wildman–Crippen MR) is 142 cm³/mol. The van der Waals surface area contributed by atoms with Crippen molar-refractivity contribution in [2.45, 2.75) is 26.8 Å². The number of methoxy groups -OCH3 is 2. The van der Waals surface area contributed by atoms with Crippen LogP contribution in [0, 0.1) is 13.8 Å². The number of amides is 1. The lowest BCUT2D eigenvalue weighted by molar-refractivity contribution is -0.113. The van der Waals surface area contributed by atoms with Crippen molar-refractivity contribution in [1.82, 2.24) is 5.32 Å². The highest BCUT2D eigenvalue weighted by Crippen LogP contribution is 2.37. The van der Waals surface area contributed by atoms with E-state index in [1.807, 2.05) is 42.5 Å². The number of anilines is 2. The minimum Gasteiger partial charge on any atom is -0.497 e. The van der Waals surface area contributed by atoms with Gasteiger partial charge in [-0.3, -0.25) is 9.69 Å². The van der Waals surface area contributed by atoms with Gasteiger partial charge in [0.2, 0.25) is 0 Å². The zero-order valence-electron chi connectivity index (χ0n) is 19.8. The van der Waals surface area contributed by atoms with Crippen molar-refractivity contribution < 1.29 is 14.3 Å². The summed E-state index contributed by atoms with van der Waals surface area (Å²) in [6.45, 7) is 6.03. The number of allylic oxidation sites excluding steroid dienone is 1. The Bertz CT molecular complexity index is 1250. The minimum atomic E-state index is -0.377. The fourth-order valence-corrected chi connectivity index (χ4v) is 5.26. The molecule has 0 aliphatic carbocycles. The molecule has 34 heavy (non-hydrogen) atoms. The van der Waals surface area contributed by atoms with Gasteiger partial charge in [0.05, 0.1) is 31.5 Å². The molecular formula is C26H27N3O3S2. The molecule has 6 nitrogen and oxygen atoms in total. The van der Waals surface area contributed by atoms with Crippen LogP contribution in [-0.4, -0.2) is 25.2 Å². The molecule has 1 aromatic heterocycles. The van der Waals surface area contributed by atoms with Gasteiger partial charge in [-0.2, -0.15) is 11.3 Å². The van der Waals surface area contributed by atoms with E-state index in [2.05, 4.69) is 28.8 Å². The third kappa shape index (κ3) is 4.64. The number of hydrogen-bond donors (Lipinski definition) is 2. The van der Waals surface area contributed by atoms with Gasteiger partial charge in [0.25, 0.3) is 5.91 Å². The summed E-state index contributed by atoms with van der Waals surface area (Å²) >= 11 is 7.36. The van der Waals surface area contributed by atoms with Crippen LogP contribution in [0.15, 0.2) is 64.5 Å². The fourth-order valence-electron chi connectivity index (χ4n) is 4.22. The van der Waals surface area contributed by atoms with E-state index in [9.17, 15) is 4.79 Å². The molecule has 8 heteroatoms. The van der Waals surface area contributed by atoms with Gasteiger partial charge in [-0.25, -0.2) is 0 Å². The van der Waals surface area contributed by atoms with Crippen molar-refractivity contribution in [3.05, 3.63) is 81.2 Å². The summed E-state index contributed by atoms with van der Waals surface area (Å²) in [7, 11) is 3.15. The topological polar surface area (TPSA) is 62.8 Å². The molecule has 2 N–H and O–H groups in total. The van der Waals surface area contributed by atoms with Gasteiger partial charge >= 0.3 is 0 Å². The van der Waals surface area contributed by atoms with Crippen LogP contribution in [0.2, 0.25) is 0 Å². The van der Waals surface area contributed by atoms with Crippen LogP contribution in [0.4, 0.5) is 11.4 Å². The molecule has 0 fully saturated rings. The standard InChI is InChI=1S/C26H27N3O3S2/c1-15-10-16(2)12-19(11-15)29-17(3)23(24(28-26(29)33)18-8-9-34-14-18)25(30)27-21-13-20(31-4)6-7-22(21)32-5/h6-14,24H,1-5H3,(H,27,30)(H,28,33). The first kappa shape index (κ1) is 23.8. The maximum Gasteiger partial charge on any atom is 0.255 e. The zero-order valence-corrected chi connectivity index (χ0v) is 21.4. The van der Waals surface area contributed by atoms with Crippen LogP contribution in [0.3, 0.4) is 0 Å².